The molecule has 0 atom stereocenters. The van der Waals surface area contributed by atoms with Gasteiger partial charge in [0.15, 0.2) is 0 Å². The van der Waals surface area contributed by atoms with Gasteiger partial charge in [0.2, 0.25) is 0 Å². The van der Waals surface area contributed by atoms with Crippen molar-refractivity contribution in [3.05, 3.63) is 0 Å². The fourth-order valence-corrected chi connectivity index (χ4v) is 4.22. The zero-order chi connectivity index (χ0) is 25.5. The Morgan fingerprint density at radius 2 is 0.543 bits per heavy atom. The van der Waals surface area contributed by atoms with E-state index in [1.54, 1.807) is 0 Å². The Kier molecular flexibility index (Phi) is 41.9. The van der Waals surface area contributed by atoms with Crippen molar-refractivity contribution in [3.63, 3.8) is 0 Å². The summed E-state index contributed by atoms with van der Waals surface area (Å²) in [7, 11) is 0. The second kappa shape index (κ2) is 36.7. The summed E-state index contributed by atoms with van der Waals surface area (Å²) in [4.78, 5) is 20.3. The molecule has 0 aromatic carbocycles. The van der Waals surface area contributed by atoms with Crippen LogP contribution >= 0.6 is 0 Å². The summed E-state index contributed by atoms with van der Waals surface area (Å²) in [6.45, 7) is 4.50. The predicted molar refractivity (Wildman–Crippen MR) is 147 cm³/mol. The van der Waals surface area contributed by atoms with Crippen LogP contribution in [0.3, 0.4) is 0 Å². The maximum atomic E-state index is 10.2. The number of unbranched alkanes of at least 4 members (excludes halogenated alkanes) is 22. The van der Waals surface area contributed by atoms with E-state index in [4.69, 9.17) is 0 Å². The van der Waals surface area contributed by atoms with E-state index in [9.17, 15) is 19.8 Å². The third kappa shape index (κ3) is 44.9. The molecular formula is C30H58BaO4. The SMILES string of the molecule is CCCCCCCCCCCCCC(=O)[O-].CCCCCCCCCCCCCCCC(=O)[O-].[Ba+2]. The van der Waals surface area contributed by atoms with E-state index >= 15 is 0 Å². The number of rotatable bonds is 26. The van der Waals surface area contributed by atoms with Gasteiger partial charge in [0.1, 0.15) is 0 Å². The maximum absolute atomic E-state index is 10.2. The number of aliphatic carboxylic acids is 2. The van der Waals surface area contributed by atoms with Crippen LogP contribution in [0.2, 0.25) is 0 Å². The molecule has 5 heteroatoms. The first-order valence-corrected chi connectivity index (χ1v) is 14.9. The van der Waals surface area contributed by atoms with Crippen LogP contribution in [0.15, 0.2) is 0 Å². The quantitative estimate of drug-likeness (QED) is 0.0753. The van der Waals surface area contributed by atoms with Gasteiger partial charge in [-0.2, -0.15) is 0 Å². The van der Waals surface area contributed by atoms with E-state index in [0.29, 0.717) is 0 Å². The van der Waals surface area contributed by atoms with E-state index in [0.717, 1.165) is 25.7 Å². The molecule has 0 saturated heterocycles. The summed E-state index contributed by atoms with van der Waals surface area (Å²) < 4.78 is 0. The Labute approximate surface area is 259 Å². The largest absolute Gasteiger partial charge is 2.00 e. The minimum atomic E-state index is -0.907. The van der Waals surface area contributed by atoms with Crippen LogP contribution in [-0.2, 0) is 9.59 Å². The van der Waals surface area contributed by atoms with Gasteiger partial charge in [0.25, 0.3) is 0 Å². The van der Waals surface area contributed by atoms with Crippen LogP contribution in [0.4, 0.5) is 0 Å². The third-order valence-corrected chi connectivity index (χ3v) is 6.47. The number of carboxylic acid groups (broad SMARTS) is 2. The first-order valence-electron chi connectivity index (χ1n) is 14.9. The molecular weight excluding hydrogens is 562 g/mol. The fourth-order valence-electron chi connectivity index (χ4n) is 4.22. The number of carbonyl (C=O) groups excluding carboxylic acids is 2. The zero-order valence-corrected chi connectivity index (χ0v) is 28.2. The molecule has 0 aliphatic carbocycles. The summed E-state index contributed by atoms with van der Waals surface area (Å²) in [5.74, 6) is -1.81. The Morgan fingerprint density at radius 3 is 0.714 bits per heavy atom. The molecule has 0 radical (unpaired) electrons. The van der Waals surface area contributed by atoms with Crippen LogP contribution in [0.25, 0.3) is 0 Å². The minimum Gasteiger partial charge on any atom is -0.550 e. The van der Waals surface area contributed by atoms with Gasteiger partial charge in [0.05, 0.1) is 0 Å². The summed E-state index contributed by atoms with van der Waals surface area (Å²) in [6.07, 6.45) is 31.0. The Hall–Kier alpha value is 0.511. The van der Waals surface area contributed by atoms with Crippen molar-refractivity contribution in [2.45, 2.75) is 181 Å². The monoisotopic (exact) mass is 620 g/mol. The molecule has 0 aromatic heterocycles. The van der Waals surface area contributed by atoms with Crippen molar-refractivity contribution < 1.29 is 19.8 Å². The number of carboxylic acids is 2. The molecule has 0 aromatic rings. The maximum Gasteiger partial charge on any atom is 2.00 e. The number of hydrogen-bond acceptors (Lipinski definition) is 4. The molecule has 0 rings (SSSR count). The second-order valence-corrected chi connectivity index (χ2v) is 10.0. The van der Waals surface area contributed by atoms with Crippen molar-refractivity contribution in [3.8, 4) is 0 Å². The molecule has 0 saturated carbocycles. The molecule has 4 nitrogen and oxygen atoms in total. The van der Waals surface area contributed by atoms with E-state index in [-0.39, 0.29) is 61.7 Å². The van der Waals surface area contributed by atoms with Crippen LogP contribution in [0.5, 0.6) is 0 Å². The van der Waals surface area contributed by atoms with Gasteiger partial charge < -0.3 is 19.8 Å². The molecule has 0 bridgehead atoms. The zero-order valence-electron chi connectivity index (χ0n) is 23.7. The fraction of sp³-hybridized carbons (Fsp3) is 0.933. The molecule has 204 valence electrons. The summed E-state index contributed by atoms with van der Waals surface area (Å²) >= 11 is 0. The van der Waals surface area contributed by atoms with Crippen molar-refractivity contribution in [2.75, 3.05) is 0 Å². The van der Waals surface area contributed by atoms with E-state index < -0.39 is 11.9 Å². The molecule has 0 heterocycles. The van der Waals surface area contributed by atoms with Crippen LogP contribution in [0, 0.1) is 0 Å². The molecule has 0 fully saturated rings. The smallest absolute Gasteiger partial charge is 0.550 e. The van der Waals surface area contributed by atoms with Gasteiger partial charge in [-0.05, 0) is 25.7 Å². The first-order chi connectivity index (χ1) is 16.5. The Balaban J connectivity index is -0.000000573. The van der Waals surface area contributed by atoms with Crippen molar-refractivity contribution in [1.82, 2.24) is 0 Å². The van der Waals surface area contributed by atoms with Crippen molar-refractivity contribution >= 4 is 60.8 Å². The van der Waals surface area contributed by atoms with Crippen LogP contribution in [-0.4, -0.2) is 60.8 Å². The minimum absolute atomic E-state index is 0. The molecule has 0 N–H and O–H groups in total. The summed E-state index contributed by atoms with van der Waals surface area (Å²) in [5.41, 5.74) is 0. The standard InChI is InChI=1S/C16H32O2.C14H28O2.Ba/c1-2-3-4-5-6-7-8-9-10-11-12-13-14-15-16(17)18;1-2-3-4-5-6-7-8-9-10-11-12-13-14(15)16;/h2-15H2,1H3,(H,17,18);2-13H2,1H3,(H,15,16);/q;;+2/p-2. The van der Waals surface area contributed by atoms with Gasteiger partial charge in [0, 0.05) is 11.9 Å². The topological polar surface area (TPSA) is 80.3 Å². The van der Waals surface area contributed by atoms with Gasteiger partial charge >= 0.3 is 48.9 Å². The number of hydrogen-bond donors (Lipinski definition) is 0. The van der Waals surface area contributed by atoms with E-state index in [1.165, 1.54) is 128 Å². The van der Waals surface area contributed by atoms with Crippen LogP contribution in [0.1, 0.15) is 181 Å². The van der Waals surface area contributed by atoms with E-state index in [1.807, 2.05) is 0 Å². The van der Waals surface area contributed by atoms with Gasteiger partial charge in [-0.1, -0.05) is 155 Å². The first kappa shape index (κ1) is 40.0. The average Bonchev–Trinajstić information content (AvgIpc) is 2.80. The molecule has 0 unspecified atom stereocenters. The van der Waals surface area contributed by atoms with Crippen molar-refractivity contribution in [1.29, 1.82) is 0 Å². The van der Waals surface area contributed by atoms with Crippen LogP contribution < -0.4 is 10.2 Å². The molecule has 35 heavy (non-hydrogen) atoms. The van der Waals surface area contributed by atoms with Gasteiger partial charge in [-0.25, -0.2) is 0 Å². The Morgan fingerprint density at radius 1 is 0.371 bits per heavy atom. The molecule has 0 aliphatic rings. The predicted octanol–water partition coefficient (Wildman–Crippen LogP) is 7.27. The van der Waals surface area contributed by atoms with Gasteiger partial charge in [-0.15, -0.1) is 0 Å². The van der Waals surface area contributed by atoms with E-state index in [2.05, 4.69) is 13.8 Å². The molecule has 0 spiro atoms. The average molecular weight is 620 g/mol. The third-order valence-electron chi connectivity index (χ3n) is 6.47. The molecule has 0 amide bonds. The second-order valence-electron chi connectivity index (χ2n) is 10.0. The summed E-state index contributed by atoms with van der Waals surface area (Å²) in [5, 5.41) is 20.3. The Bertz CT molecular complexity index is 415. The van der Waals surface area contributed by atoms with Gasteiger partial charge in [-0.3, -0.25) is 0 Å². The summed E-state index contributed by atoms with van der Waals surface area (Å²) in [6, 6.07) is 0. The normalized spacial score (nSPS) is 10.3. The number of carbonyl (C=O) groups is 2. The molecule has 0 aliphatic heterocycles. The van der Waals surface area contributed by atoms with Crippen molar-refractivity contribution in [2.24, 2.45) is 0 Å².